The normalized spacial score (nSPS) is 16.9. The fourth-order valence-corrected chi connectivity index (χ4v) is 2.71. The number of carbonyl (C=O) groups is 1. The minimum absolute atomic E-state index is 0.164. The zero-order chi connectivity index (χ0) is 12.3. The highest BCUT2D eigenvalue weighted by Crippen LogP contribution is 2.28. The second-order valence-corrected chi connectivity index (χ2v) is 5.06. The molecule has 4 nitrogen and oxygen atoms in total. The van der Waals surface area contributed by atoms with E-state index in [9.17, 15) is 4.79 Å². The van der Waals surface area contributed by atoms with Crippen LogP contribution in [-0.4, -0.2) is 31.0 Å². The summed E-state index contributed by atoms with van der Waals surface area (Å²) < 4.78 is 1.01. The molecule has 1 fully saturated rings. The summed E-state index contributed by atoms with van der Waals surface area (Å²) in [4.78, 5) is 17.9. The third-order valence-corrected chi connectivity index (χ3v) is 3.81. The molecule has 1 amide bonds. The standard InChI is InChI=1S/C12H16BrN3O/c1-14-12(17)9-3-6-16(7-4-9)11-2-5-15-8-10(11)13/h2,5,8-9H,3-4,6-7H2,1H3,(H,14,17). The van der Waals surface area contributed by atoms with E-state index in [-0.39, 0.29) is 11.8 Å². The van der Waals surface area contributed by atoms with E-state index in [2.05, 4.69) is 31.1 Å². The van der Waals surface area contributed by atoms with Crippen LogP contribution in [0.3, 0.4) is 0 Å². The van der Waals surface area contributed by atoms with E-state index in [4.69, 9.17) is 0 Å². The van der Waals surface area contributed by atoms with Gasteiger partial charge in [0, 0.05) is 38.4 Å². The summed E-state index contributed by atoms with van der Waals surface area (Å²) in [5.41, 5.74) is 1.16. The van der Waals surface area contributed by atoms with Crippen molar-refractivity contribution in [2.75, 3.05) is 25.0 Å². The number of rotatable bonds is 2. The van der Waals surface area contributed by atoms with Crippen LogP contribution >= 0.6 is 15.9 Å². The van der Waals surface area contributed by atoms with Gasteiger partial charge in [0.15, 0.2) is 0 Å². The Bertz CT molecular complexity index is 402. The maximum absolute atomic E-state index is 11.5. The van der Waals surface area contributed by atoms with Crippen molar-refractivity contribution in [3.8, 4) is 0 Å². The lowest BCUT2D eigenvalue weighted by molar-refractivity contribution is -0.125. The molecule has 1 aliphatic rings. The second-order valence-electron chi connectivity index (χ2n) is 4.20. The van der Waals surface area contributed by atoms with Gasteiger partial charge in [0.05, 0.1) is 10.2 Å². The summed E-state index contributed by atoms with van der Waals surface area (Å²) in [5.74, 6) is 0.329. The highest BCUT2D eigenvalue weighted by molar-refractivity contribution is 9.10. The Morgan fingerprint density at radius 3 is 2.82 bits per heavy atom. The van der Waals surface area contributed by atoms with Crippen LogP contribution in [0.5, 0.6) is 0 Å². The smallest absolute Gasteiger partial charge is 0.222 e. The Morgan fingerprint density at radius 1 is 1.53 bits per heavy atom. The number of nitrogens with zero attached hydrogens (tertiary/aromatic N) is 2. The van der Waals surface area contributed by atoms with Crippen LogP contribution in [0, 0.1) is 5.92 Å². The molecule has 0 spiro atoms. The number of carbonyl (C=O) groups excluding carboxylic acids is 1. The first-order chi connectivity index (χ1) is 8.22. The molecule has 0 bridgehead atoms. The van der Waals surface area contributed by atoms with Gasteiger partial charge >= 0.3 is 0 Å². The van der Waals surface area contributed by atoms with Crippen molar-refractivity contribution in [1.82, 2.24) is 10.3 Å². The molecule has 1 aromatic heterocycles. The summed E-state index contributed by atoms with van der Waals surface area (Å²) >= 11 is 3.51. The van der Waals surface area contributed by atoms with Crippen molar-refractivity contribution in [1.29, 1.82) is 0 Å². The SMILES string of the molecule is CNC(=O)C1CCN(c2ccncc2Br)CC1. The van der Waals surface area contributed by atoms with Gasteiger partial charge in [-0.1, -0.05) is 0 Å². The van der Waals surface area contributed by atoms with Crippen molar-refractivity contribution in [2.24, 2.45) is 5.92 Å². The minimum Gasteiger partial charge on any atom is -0.370 e. The fourth-order valence-electron chi connectivity index (χ4n) is 2.21. The van der Waals surface area contributed by atoms with E-state index >= 15 is 0 Å². The van der Waals surface area contributed by atoms with Crippen molar-refractivity contribution in [3.63, 3.8) is 0 Å². The summed E-state index contributed by atoms with van der Waals surface area (Å²) in [5, 5.41) is 2.72. The van der Waals surface area contributed by atoms with Crippen LogP contribution in [0.25, 0.3) is 0 Å². The van der Waals surface area contributed by atoms with E-state index < -0.39 is 0 Å². The van der Waals surface area contributed by atoms with Gasteiger partial charge < -0.3 is 10.2 Å². The molecule has 92 valence electrons. The Morgan fingerprint density at radius 2 is 2.24 bits per heavy atom. The van der Waals surface area contributed by atoms with Crippen LogP contribution < -0.4 is 10.2 Å². The molecule has 1 saturated heterocycles. The van der Waals surface area contributed by atoms with Crippen LogP contribution in [0.1, 0.15) is 12.8 Å². The number of hydrogen-bond donors (Lipinski definition) is 1. The molecular weight excluding hydrogens is 282 g/mol. The van der Waals surface area contributed by atoms with Gasteiger partial charge in [-0.05, 0) is 34.8 Å². The molecule has 0 aliphatic carbocycles. The number of pyridine rings is 1. The van der Waals surface area contributed by atoms with E-state index in [1.165, 1.54) is 0 Å². The van der Waals surface area contributed by atoms with Gasteiger partial charge in [0.25, 0.3) is 0 Å². The van der Waals surface area contributed by atoms with Crippen LogP contribution in [-0.2, 0) is 4.79 Å². The summed E-state index contributed by atoms with van der Waals surface area (Å²) in [7, 11) is 1.70. The van der Waals surface area contributed by atoms with Gasteiger partial charge in [0.2, 0.25) is 5.91 Å². The lowest BCUT2D eigenvalue weighted by Crippen LogP contribution is -2.39. The lowest BCUT2D eigenvalue weighted by atomic mass is 9.96. The van der Waals surface area contributed by atoms with E-state index in [1.807, 2.05) is 6.07 Å². The summed E-state index contributed by atoms with van der Waals surface area (Å²) in [6, 6.07) is 2.00. The first-order valence-electron chi connectivity index (χ1n) is 5.78. The first-order valence-corrected chi connectivity index (χ1v) is 6.57. The van der Waals surface area contributed by atoms with Crippen LogP contribution in [0.15, 0.2) is 22.9 Å². The van der Waals surface area contributed by atoms with E-state index in [0.29, 0.717) is 0 Å². The van der Waals surface area contributed by atoms with Crippen LogP contribution in [0.2, 0.25) is 0 Å². The second kappa shape index (κ2) is 5.49. The first kappa shape index (κ1) is 12.4. The third-order valence-electron chi connectivity index (χ3n) is 3.20. The number of nitrogens with one attached hydrogen (secondary N) is 1. The number of piperidine rings is 1. The molecule has 0 aromatic carbocycles. The molecule has 0 saturated carbocycles. The Balaban J connectivity index is 2.00. The molecule has 0 radical (unpaired) electrons. The molecule has 2 rings (SSSR count). The molecular formula is C12H16BrN3O. The predicted molar refractivity (Wildman–Crippen MR) is 70.9 cm³/mol. The zero-order valence-corrected chi connectivity index (χ0v) is 11.4. The number of aromatic nitrogens is 1. The lowest BCUT2D eigenvalue weighted by Gasteiger charge is -2.33. The third kappa shape index (κ3) is 2.77. The van der Waals surface area contributed by atoms with Crippen molar-refractivity contribution < 1.29 is 4.79 Å². The van der Waals surface area contributed by atoms with Crippen molar-refractivity contribution in [2.45, 2.75) is 12.8 Å². The van der Waals surface area contributed by atoms with Gasteiger partial charge in [0.1, 0.15) is 0 Å². The number of hydrogen-bond acceptors (Lipinski definition) is 3. The van der Waals surface area contributed by atoms with Gasteiger partial charge in [-0.15, -0.1) is 0 Å². The van der Waals surface area contributed by atoms with Gasteiger partial charge in [-0.2, -0.15) is 0 Å². The molecule has 1 aliphatic heterocycles. The molecule has 0 atom stereocenters. The van der Waals surface area contributed by atoms with Crippen molar-refractivity contribution in [3.05, 3.63) is 22.9 Å². The predicted octanol–water partition coefficient (Wildman–Crippen LogP) is 1.81. The average Bonchev–Trinajstić information content (AvgIpc) is 2.39. The maximum Gasteiger partial charge on any atom is 0.222 e. The zero-order valence-electron chi connectivity index (χ0n) is 9.82. The Kier molecular flexibility index (Phi) is 3.99. The Hall–Kier alpha value is -1.10. The molecule has 0 unspecified atom stereocenters. The molecule has 2 heterocycles. The summed E-state index contributed by atoms with van der Waals surface area (Å²) in [6.07, 6.45) is 5.42. The maximum atomic E-state index is 11.5. The number of amides is 1. The molecule has 5 heteroatoms. The highest BCUT2D eigenvalue weighted by Gasteiger charge is 2.24. The Labute approximate surface area is 110 Å². The van der Waals surface area contributed by atoms with E-state index in [0.717, 1.165) is 36.1 Å². The molecule has 1 N–H and O–H groups in total. The summed E-state index contributed by atoms with van der Waals surface area (Å²) in [6.45, 7) is 1.83. The molecule has 17 heavy (non-hydrogen) atoms. The largest absolute Gasteiger partial charge is 0.370 e. The topological polar surface area (TPSA) is 45.2 Å². The van der Waals surface area contributed by atoms with Crippen LogP contribution in [0.4, 0.5) is 5.69 Å². The quantitative estimate of drug-likeness (QED) is 0.905. The minimum atomic E-state index is 0.164. The average molecular weight is 298 g/mol. The highest BCUT2D eigenvalue weighted by atomic mass is 79.9. The number of anilines is 1. The van der Waals surface area contributed by atoms with E-state index in [1.54, 1.807) is 19.4 Å². The number of halogens is 1. The molecule has 1 aromatic rings. The monoisotopic (exact) mass is 297 g/mol. The van der Waals surface area contributed by atoms with Gasteiger partial charge in [-0.3, -0.25) is 9.78 Å². The van der Waals surface area contributed by atoms with Crippen molar-refractivity contribution >= 4 is 27.5 Å². The fraction of sp³-hybridized carbons (Fsp3) is 0.500. The van der Waals surface area contributed by atoms with Gasteiger partial charge in [-0.25, -0.2) is 0 Å².